The van der Waals surface area contributed by atoms with Gasteiger partial charge >= 0.3 is 0 Å². The van der Waals surface area contributed by atoms with E-state index in [4.69, 9.17) is 4.74 Å². The molecule has 1 N–H and O–H groups in total. The Morgan fingerprint density at radius 2 is 2.07 bits per heavy atom. The topological polar surface area (TPSA) is 21.3 Å². The van der Waals surface area contributed by atoms with Crippen LogP contribution in [0.1, 0.15) is 51.9 Å². The SMILES string of the molecule is CCCCCCNC1CCCC1OC. The van der Waals surface area contributed by atoms with Gasteiger partial charge in [-0.1, -0.05) is 26.2 Å². The van der Waals surface area contributed by atoms with Gasteiger partial charge in [0.1, 0.15) is 0 Å². The lowest BCUT2D eigenvalue weighted by molar-refractivity contribution is 0.0852. The van der Waals surface area contributed by atoms with Crippen molar-refractivity contribution in [1.29, 1.82) is 0 Å². The Morgan fingerprint density at radius 1 is 1.21 bits per heavy atom. The van der Waals surface area contributed by atoms with E-state index in [1.807, 2.05) is 7.11 Å². The van der Waals surface area contributed by atoms with Gasteiger partial charge in [-0.15, -0.1) is 0 Å². The molecule has 1 saturated carbocycles. The molecule has 0 aromatic rings. The van der Waals surface area contributed by atoms with Crippen LogP contribution in [0.3, 0.4) is 0 Å². The molecular formula is C12H25NO. The van der Waals surface area contributed by atoms with E-state index in [1.54, 1.807) is 0 Å². The summed E-state index contributed by atoms with van der Waals surface area (Å²) >= 11 is 0. The van der Waals surface area contributed by atoms with Gasteiger partial charge in [0.25, 0.3) is 0 Å². The van der Waals surface area contributed by atoms with Crippen molar-refractivity contribution >= 4 is 0 Å². The van der Waals surface area contributed by atoms with Crippen LogP contribution < -0.4 is 5.32 Å². The molecule has 0 aromatic heterocycles. The molecule has 1 aliphatic carbocycles. The Morgan fingerprint density at radius 3 is 2.79 bits per heavy atom. The lowest BCUT2D eigenvalue weighted by Crippen LogP contribution is -2.37. The van der Waals surface area contributed by atoms with Crippen molar-refractivity contribution < 1.29 is 4.74 Å². The normalized spacial score (nSPS) is 27.0. The molecule has 0 heterocycles. The van der Waals surface area contributed by atoms with Gasteiger partial charge in [-0.25, -0.2) is 0 Å². The van der Waals surface area contributed by atoms with Crippen molar-refractivity contribution in [3.63, 3.8) is 0 Å². The zero-order valence-electron chi connectivity index (χ0n) is 9.72. The van der Waals surface area contributed by atoms with E-state index in [-0.39, 0.29) is 0 Å². The Hall–Kier alpha value is -0.0800. The number of unbranched alkanes of at least 4 members (excludes halogenated alkanes) is 3. The largest absolute Gasteiger partial charge is 0.380 e. The maximum atomic E-state index is 5.44. The fourth-order valence-electron chi connectivity index (χ4n) is 2.28. The maximum absolute atomic E-state index is 5.44. The molecule has 0 saturated heterocycles. The van der Waals surface area contributed by atoms with Crippen molar-refractivity contribution in [3.8, 4) is 0 Å². The van der Waals surface area contributed by atoms with Crippen LogP contribution in [0.4, 0.5) is 0 Å². The second-order valence-corrected chi connectivity index (χ2v) is 4.33. The summed E-state index contributed by atoms with van der Waals surface area (Å²) in [6.07, 6.45) is 9.72. The molecule has 1 rings (SSSR count). The van der Waals surface area contributed by atoms with Crippen molar-refractivity contribution in [2.24, 2.45) is 0 Å². The van der Waals surface area contributed by atoms with Crippen LogP contribution in [-0.4, -0.2) is 25.8 Å². The summed E-state index contributed by atoms with van der Waals surface area (Å²) in [5.41, 5.74) is 0. The van der Waals surface area contributed by atoms with Gasteiger partial charge in [-0.3, -0.25) is 0 Å². The molecule has 0 amide bonds. The summed E-state index contributed by atoms with van der Waals surface area (Å²) in [4.78, 5) is 0. The molecule has 14 heavy (non-hydrogen) atoms. The number of hydrogen-bond acceptors (Lipinski definition) is 2. The lowest BCUT2D eigenvalue weighted by atomic mass is 10.2. The standard InChI is InChI=1S/C12H25NO/c1-3-4-5-6-10-13-11-8-7-9-12(11)14-2/h11-13H,3-10H2,1-2H3. The highest BCUT2D eigenvalue weighted by atomic mass is 16.5. The molecule has 1 aliphatic rings. The number of ether oxygens (including phenoxy) is 1. The molecule has 1 fully saturated rings. The van der Waals surface area contributed by atoms with Crippen molar-refractivity contribution in [3.05, 3.63) is 0 Å². The first-order chi connectivity index (χ1) is 6.88. The molecule has 0 aliphatic heterocycles. The molecule has 0 aromatic carbocycles. The average Bonchev–Trinajstić information content (AvgIpc) is 2.65. The van der Waals surface area contributed by atoms with Crippen LogP contribution in [-0.2, 0) is 4.74 Å². The molecule has 84 valence electrons. The van der Waals surface area contributed by atoms with Crippen molar-refractivity contribution in [2.75, 3.05) is 13.7 Å². The summed E-state index contributed by atoms with van der Waals surface area (Å²) in [5.74, 6) is 0. The van der Waals surface area contributed by atoms with E-state index in [9.17, 15) is 0 Å². The first-order valence-electron chi connectivity index (χ1n) is 6.14. The van der Waals surface area contributed by atoms with Crippen LogP contribution in [0.15, 0.2) is 0 Å². The summed E-state index contributed by atoms with van der Waals surface area (Å²) in [5, 5.41) is 3.62. The second kappa shape index (κ2) is 7.24. The summed E-state index contributed by atoms with van der Waals surface area (Å²) in [6.45, 7) is 3.43. The third-order valence-electron chi connectivity index (χ3n) is 3.19. The van der Waals surface area contributed by atoms with Crippen LogP contribution >= 0.6 is 0 Å². The fraction of sp³-hybridized carbons (Fsp3) is 1.00. The fourth-order valence-corrected chi connectivity index (χ4v) is 2.28. The molecule has 2 unspecified atom stereocenters. The van der Waals surface area contributed by atoms with Crippen LogP contribution in [0.5, 0.6) is 0 Å². The van der Waals surface area contributed by atoms with Gasteiger partial charge in [0.15, 0.2) is 0 Å². The maximum Gasteiger partial charge on any atom is 0.0724 e. The lowest BCUT2D eigenvalue weighted by Gasteiger charge is -2.19. The highest BCUT2D eigenvalue weighted by Crippen LogP contribution is 2.21. The molecule has 2 atom stereocenters. The van der Waals surface area contributed by atoms with Crippen molar-refractivity contribution in [2.45, 2.75) is 64.0 Å². The predicted molar refractivity (Wildman–Crippen MR) is 60.6 cm³/mol. The Balaban J connectivity index is 2.00. The van der Waals surface area contributed by atoms with E-state index in [0.717, 1.165) is 0 Å². The second-order valence-electron chi connectivity index (χ2n) is 4.33. The summed E-state index contributed by atoms with van der Waals surface area (Å²) in [6, 6.07) is 0.627. The predicted octanol–water partition coefficient (Wildman–Crippen LogP) is 2.72. The molecule has 0 bridgehead atoms. The third kappa shape index (κ3) is 3.97. The van der Waals surface area contributed by atoms with Crippen LogP contribution in [0, 0.1) is 0 Å². The number of nitrogens with one attached hydrogen (secondary N) is 1. The van der Waals surface area contributed by atoms with Gasteiger partial charge in [-0.05, 0) is 32.2 Å². The minimum absolute atomic E-state index is 0.473. The average molecular weight is 199 g/mol. The smallest absolute Gasteiger partial charge is 0.0724 e. The zero-order valence-corrected chi connectivity index (χ0v) is 9.72. The summed E-state index contributed by atoms with van der Waals surface area (Å²) < 4.78 is 5.44. The van der Waals surface area contributed by atoms with Crippen LogP contribution in [0.25, 0.3) is 0 Å². The minimum atomic E-state index is 0.473. The number of hydrogen-bond donors (Lipinski definition) is 1. The van der Waals surface area contributed by atoms with Gasteiger partial charge in [0.2, 0.25) is 0 Å². The van der Waals surface area contributed by atoms with Gasteiger partial charge < -0.3 is 10.1 Å². The molecule has 2 heteroatoms. The molecular weight excluding hydrogens is 174 g/mol. The monoisotopic (exact) mass is 199 g/mol. The van der Waals surface area contributed by atoms with Crippen molar-refractivity contribution in [1.82, 2.24) is 5.32 Å². The van der Waals surface area contributed by atoms with E-state index in [0.29, 0.717) is 12.1 Å². The van der Waals surface area contributed by atoms with E-state index in [1.165, 1.54) is 51.5 Å². The summed E-state index contributed by atoms with van der Waals surface area (Å²) in [7, 11) is 1.84. The Kier molecular flexibility index (Phi) is 6.20. The van der Waals surface area contributed by atoms with E-state index < -0.39 is 0 Å². The Bertz CT molecular complexity index is 138. The molecule has 0 spiro atoms. The minimum Gasteiger partial charge on any atom is -0.380 e. The Labute approximate surface area is 88.4 Å². The number of rotatable bonds is 7. The first kappa shape index (κ1) is 12.0. The quantitative estimate of drug-likeness (QED) is 0.637. The van der Waals surface area contributed by atoms with E-state index >= 15 is 0 Å². The molecule has 2 nitrogen and oxygen atoms in total. The first-order valence-corrected chi connectivity index (χ1v) is 6.14. The van der Waals surface area contributed by atoms with Gasteiger partial charge in [-0.2, -0.15) is 0 Å². The van der Waals surface area contributed by atoms with Gasteiger partial charge in [0, 0.05) is 13.2 Å². The number of methoxy groups -OCH3 is 1. The third-order valence-corrected chi connectivity index (χ3v) is 3.19. The highest BCUT2D eigenvalue weighted by Gasteiger charge is 2.25. The van der Waals surface area contributed by atoms with E-state index in [2.05, 4.69) is 12.2 Å². The highest BCUT2D eigenvalue weighted by molar-refractivity contribution is 4.83. The van der Waals surface area contributed by atoms with Gasteiger partial charge in [0.05, 0.1) is 6.10 Å². The van der Waals surface area contributed by atoms with Crippen LogP contribution in [0.2, 0.25) is 0 Å². The molecule has 0 radical (unpaired) electrons. The zero-order chi connectivity index (χ0) is 10.2.